The summed E-state index contributed by atoms with van der Waals surface area (Å²) >= 11 is 0. The number of hydrogen-bond acceptors (Lipinski definition) is 4. The average molecular weight is 224 g/mol. The van der Waals surface area contributed by atoms with E-state index in [-0.39, 0.29) is 18.2 Å². The number of carbonyl (C=O) groups is 1. The molecule has 3 N–H and O–H groups in total. The molecule has 0 saturated carbocycles. The lowest BCUT2D eigenvalue weighted by molar-refractivity contribution is 0.0696. The zero-order chi connectivity index (χ0) is 12.0. The second-order valence-electron chi connectivity index (χ2n) is 3.65. The molecule has 0 aliphatic heterocycles. The van der Waals surface area contributed by atoms with Crippen LogP contribution in [0.2, 0.25) is 0 Å². The van der Waals surface area contributed by atoms with E-state index in [9.17, 15) is 4.79 Å². The maximum absolute atomic E-state index is 10.6. The molecule has 0 spiro atoms. The molecule has 5 heteroatoms. The normalized spacial score (nSPS) is 12.1. The summed E-state index contributed by atoms with van der Waals surface area (Å²) in [5, 5.41) is 20.5. The van der Waals surface area contributed by atoms with Crippen molar-refractivity contribution in [2.24, 2.45) is 0 Å². The molecule has 5 nitrogen and oxygen atoms in total. The molecule has 88 valence electrons. The van der Waals surface area contributed by atoms with Gasteiger partial charge >= 0.3 is 5.97 Å². The number of anilines is 1. The van der Waals surface area contributed by atoms with E-state index in [2.05, 4.69) is 10.3 Å². The van der Waals surface area contributed by atoms with Gasteiger partial charge in [0, 0.05) is 18.8 Å². The summed E-state index contributed by atoms with van der Waals surface area (Å²) < 4.78 is 0. The lowest BCUT2D eigenvalue weighted by Crippen LogP contribution is -2.16. The minimum atomic E-state index is -0.979. The maximum atomic E-state index is 10.6. The van der Waals surface area contributed by atoms with Gasteiger partial charge in [-0.3, -0.25) is 0 Å². The van der Waals surface area contributed by atoms with E-state index < -0.39 is 5.97 Å². The molecule has 0 amide bonds. The number of aliphatic hydroxyl groups is 1. The van der Waals surface area contributed by atoms with Crippen LogP contribution in [0.1, 0.15) is 30.1 Å². The third-order valence-electron chi connectivity index (χ3n) is 2.20. The first-order valence-electron chi connectivity index (χ1n) is 5.20. The summed E-state index contributed by atoms with van der Waals surface area (Å²) in [4.78, 5) is 14.6. The Morgan fingerprint density at radius 2 is 2.31 bits per heavy atom. The molecule has 0 aromatic carbocycles. The fraction of sp³-hybridized carbons (Fsp3) is 0.455. The summed E-state index contributed by atoms with van der Waals surface area (Å²) in [6.07, 6.45) is 2.91. The summed E-state index contributed by atoms with van der Waals surface area (Å²) in [7, 11) is 0. The van der Waals surface area contributed by atoms with Gasteiger partial charge in [0.15, 0.2) is 0 Å². The van der Waals surface area contributed by atoms with Crippen molar-refractivity contribution in [3.63, 3.8) is 0 Å². The zero-order valence-corrected chi connectivity index (χ0v) is 9.18. The van der Waals surface area contributed by atoms with E-state index in [0.29, 0.717) is 5.82 Å². The summed E-state index contributed by atoms with van der Waals surface area (Å²) in [6.45, 7) is 2.17. The summed E-state index contributed by atoms with van der Waals surface area (Å²) in [5.74, 6) is -0.331. The predicted molar refractivity (Wildman–Crippen MR) is 60.6 cm³/mol. The summed E-state index contributed by atoms with van der Waals surface area (Å²) in [5.41, 5.74) is 0.175. The predicted octanol–water partition coefficient (Wildman–Crippen LogP) is 1.35. The van der Waals surface area contributed by atoms with Crippen molar-refractivity contribution in [1.82, 2.24) is 4.98 Å². The maximum Gasteiger partial charge on any atom is 0.337 e. The number of aromatic nitrogens is 1. The Bertz CT molecular complexity index is 338. The first kappa shape index (κ1) is 12.4. The van der Waals surface area contributed by atoms with Crippen molar-refractivity contribution in [2.45, 2.75) is 25.8 Å². The van der Waals surface area contributed by atoms with Crippen LogP contribution in [-0.2, 0) is 0 Å². The van der Waals surface area contributed by atoms with Crippen molar-refractivity contribution in [3.05, 3.63) is 23.9 Å². The van der Waals surface area contributed by atoms with E-state index in [1.807, 2.05) is 6.92 Å². The number of nitrogens with zero attached hydrogens (tertiary/aromatic N) is 1. The van der Waals surface area contributed by atoms with Crippen molar-refractivity contribution in [1.29, 1.82) is 0 Å². The Morgan fingerprint density at radius 3 is 2.81 bits per heavy atom. The molecule has 1 aromatic rings. The molecule has 1 rings (SSSR count). The Balaban J connectivity index is 2.51. The highest BCUT2D eigenvalue weighted by Crippen LogP contribution is 2.08. The fourth-order valence-corrected chi connectivity index (χ4v) is 1.33. The molecule has 0 bridgehead atoms. The van der Waals surface area contributed by atoms with Gasteiger partial charge in [-0.2, -0.15) is 0 Å². The second kappa shape index (κ2) is 6.07. The minimum absolute atomic E-state index is 0.175. The van der Waals surface area contributed by atoms with Gasteiger partial charge in [0.05, 0.1) is 5.56 Å². The number of carboxylic acid groups (broad SMARTS) is 1. The highest BCUT2D eigenvalue weighted by Gasteiger charge is 2.05. The highest BCUT2D eigenvalue weighted by molar-refractivity contribution is 5.87. The number of aromatic carboxylic acids is 1. The van der Waals surface area contributed by atoms with E-state index in [4.69, 9.17) is 10.2 Å². The van der Waals surface area contributed by atoms with Crippen molar-refractivity contribution in [3.8, 4) is 0 Å². The average Bonchev–Trinajstić information content (AvgIpc) is 2.27. The van der Waals surface area contributed by atoms with Crippen molar-refractivity contribution >= 4 is 11.8 Å². The zero-order valence-electron chi connectivity index (χ0n) is 9.18. The van der Waals surface area contributed by atoms with Gasteiger partial charge in [0.2, 0.25) is 0 Å². The van der Waals surface area contributed by atoms with Crippen LogP contribution in [0.5, 0.6) is 0 Å². The summed E-state index contributed by atoms with van der Waals surface area (Å²) in [6, 6.07) is 3.35. The molecular formula is C11H16N2O3. The molecule has 16 heavy (non-hydrogen) atoms. The van der Waals surface area contributed by atoms with Gasteiger partial charge in [0.25, 0.3) is 0 Å². The molecule has 1 aromatic heterocycles. The molecule has 0 aliphatic rings. The van der Waals surface area contributed by atoms with E-state index in [0.717, 1.165) is 12.8 Å². The van der Waals surface area contributed by atoms with Crippen molar-refractivity contribution in [2.75, 3.05) is 11.9 Å². The smallest absolute Gasteiger partial charge is 0.337 e. The topological polar surface area (TPSA) is 82.5 Å². The Morgan fingerprint density at radius 1 is 1.56 bits per heavy atom. The number of hydrogen-bond donors (Lipinski definition) is 3. The molecule has 0 aliphatic carbocycles. The van der Waals surface area contributed by atoms with Gasteiger partial charge in [-0.25, -0.2) is 9.78 Å². The Labute approximate surface area is 94.1 Å². The monoisotopic (exact) mass is 224 g/mol. The number of nitrogens with one attached hydrogen (secondary N) is 1. The molecule has 1 unspecified atom stereocenters. The van der Waals surface area contributed by atoms with E-state index >= 15 is 0 Å². The first-order chi connectivity index (χ1) is 7.63. The van der Waals surface area contributed by atoms with E-state index in [1.165, 1.54) is 12.3 Å². The minimum Gasteiger partial charge on any atom is -0.478 e. The molecule has 0 fully saturated rings. The third kappa shape index (κ3) is 3.86. The van der Waals surface area contributed by atoms with Crippen LogP contribution in [0.4, 0.5) is 5.82 Å². The van der Waals surface area contributed by atoms with Crippen LogP contribution in [0, 0.1) is 0 Å². The molecule has 0 saturated heterocycles. The molecule has 1 atom stereocenters. The molecule has 0 radical (unpaired) electrons. The third-order valence-corrected chi connectivity index (χ3v) is 2.20. The van der Waals surface area contributed by atoms with Crippen LogP contribution < -0.4 is 5.32 Å². The van der Waals surface area contributed by atoms with Crippen LogP contribution >= 0.6 is 0 Å². The molecular weight excluding hydrogens is 208 g/mol. The number of carboxylic acids is 1. The van der Waals surface area contributed by atoms with Gasteiger partial charge in [0.1, 0.15) is 5.82 Å². The highest BCUT2D eigenvalue weighted by atomic mass is 16.4. The number of pyridine rings is 1. The second-order valence-corrected chi connectivity index (χ2v) is 3.65. The SMILES string of the molecule is CC(CCCO)Nc1ccc(C(=O)O)cn1. The van der Waals surface area contributed by atoms with Crippen LogP contribution in [0.3, 0.4) is 0 Å². The number of rotatable bonds is 6. The van der Waals surface area contributed by atoms with Gasteiger partial charge < -0.3 is 15.5 Å². The van der Waals surface area contributed by atoms with Crippen LogP contribution in [0.15, 0.2) is 18.3 Å². The standard InChI is InChI=1S/C11H16N2O3/c1-8(3-2-6-14)13-10-5-4-9(7-12-10)11(15)16/h4-5,7-8,14H,2-3,6H2,1H3,(H,12,13)(H,15,16). The lowest BCUT2D eigenvalue weighted by Gasteiger charge is -2.13. The largest absolute Gasteiger partial charge is 0.478 e. The van der Waals surface area contributed by atoms with Crippen molar-refractivity contribution < 1.29 is 15.0 Å². The molecule has 1 heterocycles. The quantitative estimate of drug-likeness (QED) is 0.679. The fourth-order valence-electron chi connectivity index (χ4n) is 1.33. The van der Waals surface area contributed by atoms with E-state index in [1.54, 1.807) is 6.07 Å². The Kier molecular flexibility index (Phi) is 4.72. The lowest BCUT2D eigenvalue weighted by atomic mass is 10.2. The van der Waals surface area contributed by atoms with Crippen LogP contribution in [-0.4, -0.2) is 33.8 Å². The Hall–Kier alpha value is -1.62. The van der Waals surface area contributed by atoms with Gasteiger partial charge in [-0.15, -0.1) is 0 Å². The van der Waals surface area contributed by atoms with Gasteiger partial charge in [-0.05, 0) is 31.9 Å². The van der Waals surface area contributed by atoms with Gasteiger partial charge in [-0.1, -0.05) is 0 Å². The number of aliphatic hydroxyl groups excluding tert-OH is 1. The first-order valence-corrected chi connectivity index (χ1v) is 5.20. The van der Waals surface area contributed by atoms with Crippen LogP contribution in [0.25, 0.3) is 0 Å².